The molecular formula is C13H19F2N. The lowest BCUT2D eigenvalue weighted by atomic mass is 9.85. The molecule has 0 atom stereocenters. The fourth-order valence-corrected chi connectivity index (χ4v) is 1.71. The molecule has 90 valence electrons. The van der Waals surface area contributed by atoms with Crippen LogP contribution in [0.25, 0.3) is 0 Å². The van der Waals surface area contributed by atoms with Gasteiger partial charge >= 0.3 is 0 Å². The first kappa shape index (κ1) is 13.1. The molecule has 16 heavy (non-hydrogen) atoms. The van der Waals surface area contributed by atoms with Gasteiger partial charge in [0.25, 0.3) is 0 Å². The Labute approximate surface area is 95.9 Å². The van der Waals surface area contributed by atoms with Crippen LogP contribution in [0.5, 0.6) is 0 Å². The first-order valence-corrected chi connectivity index (χ1v) is 5.55. The standard InChI is InChI=1S/C13H19F2N/c1-5-16-8-9-6-10(14)12(11(15)7-9)13(2,3)4/h6-7,16H,5,8H2,1-4H3. The molecule has 0 amide bonds. The van der Waals surface area contributed by atoms with Gasteiger partial charge in [-0.05, 0) is 29.7 Å². The molecule has 1 aromatic carbocycles. The predicted molar refractivity (Wildman–Crippen MR) is 62.4 cm³/mol. The lowest BCUT2D eigenvalue weighted by Gasteiger charge is -2.21. The summed E-state index contributed by atoms with van der Waals surface area (Å²) in [6.07, 6.45) is 0. The van der Waals surface area contributed by atoms with Crippen LogP contribution in [0.1, 0.15) is 38.8 Å². The molecule has 0 aliphatic carbocycles. The summed E-state index contributed by atoms with van der Waals surface area (Å²) in [5.74, 6) is -0.916. The Balaban J connectivity index is 3.08. The number of halogens is 2. The zero-order valence-corrected chi connectivity index (χ0v) is 10.3. The van der Waals surface area contributed by atoms with E-state index in [9.17, 15) is 8.78 Å². The van der Waals surface area contributed by atoms with Crippen molar-refractivity contribution in [2.75, 3.05) is 6.54 Å². The van der Waals surface area contributed by atoms with Gasteiger partial charge in [0, 0.05) is 12.1 Å². The Bertz CT molecular complexity index is 344. The molecule has 0 aliphatic rings. The fraction of sp³-hybridized carbons (Fsp3) is 0.538. The Morgan fingerprint density at radius 1 is 1.12 bits per heavy atom. The molecule has 3 heteroatoms. The van der Waals surface area contributed by atoms with Gasteiger partial charge in [-0.3, -0.25) is 0 Å². The van der Waals surface area contributed by atoms with Crippen molar-refractivity contribution in [3.8, 4) is 0 Å². The van der Waals surface area contributed by atoms with Crippen molar-refractivity contribution in [2.45, 2.75) is 39.7 Å². The molecule has 0 bridgehead atoms. The summed E-state index contributed by atoms with van der Waals surface area (Å²) in [5, 5.41) is 3.04. The highest BCUT2D eigenvalue weighted by Crippen LogP contribution is 2.28. The molecule has 0 unspecified atom stereocenters. The van der Waals surface area contributed by atoms with E-state index in [-0.39, 0.29) is 5.56 Å². The summed E-state index contributed by atoms with van der Waals surface area (Å²) in [4.78, 5) is 0. The number of benzene rings is 1. The summed E-state index contributed by atoms with van der Waals surface area (Å²) in [7, 11) is 0. The summed E-state index contributed by atoms with van der Waals surface area (Å²) >= 11 is 0. The van der Waals surface area contributed by atoms with Gasteiger partial charge in [-0.1, -0.05) is 27.7 Å². The highest BCUT2D eigenvalue weighted by molar-refractivity contribution is 5.31. The summed E-state index contributed by atoms with van der Waals surface area (Å²) in [6.45, 7) is 8.64. The molecule has 0 aromatic heterocycles. The zero-order valence-electron chi connectivity index (χ0n) is 10.3. The first-order valence-electron chi connectivity index (χ1n) is 5.55. The van der Waals surface area contributed by atoms with Crippen LogP contribution >= 0.6 is 0 Å². The highest BCUT2D eigenvalue weighted by Gasteiger charge is 2.23. The zero-order chi connectivity index (χ0) is 12.3. The van der Waals surface area contributed by atoms with Gasteiger partial charge in [-0.15, -0.1) is 0 Å². The van der Waals surface area contributed by atoms with Crippen molar-refractivity contribution in [3.63, 3.8) is 0 Å². The van der Waals surface area contributed by atoms with E-state index in [0.717, 1.165) is 6.54 Å². The lowest BCUT2D eigenvalue weighted by Crippen LogP contribution is -2.18. The second kappa shape index (κ2) is 4.91. The monoisotopic (exact) mass is 227 g/mol. The van der Waals surface area contributed by atoms with Crippen LogP contribution in [0.15, 0.2) is 12.1 Å². The average Bonchev–Trinajstić information content (AvgIpc) is 2.11. The third kappa shape index (κ3) is 3.01. The van der Waals surface area contributed by atoms with Crippen LogP contribution < -0.4 is 5.32 Å². The maximum atomic E-state index is 13.8. The Morgan fingerprint density at radius 3 is 2.00 bits per heavy atom. The third-order valence-corrected chi connectivity index (χ3v) is 2.43. The quantitative estimate of drug-likeness (QED) is 0.834. The van der Waals surface area contributed by atoms with Gasteiger partial charge in [0.05, 0.1) is 0 Å². The van der Waals surface area contributed by atoms with E-state index >= 15 is 0 Å². The first-order chi connectivity index (χ1) is 7.36. The molecule has 1 aromatic rings. The van der Waals surface area contributed by atoms with Crippen molar-refractivity contribution in [3.05, 3.63) is 34.9 Å². The van der Waals surface area contributed by atoms with Crippen LogP contribution in [-0.4, -0.2) is 6.54 Å². The minimum Gasteiger partial charge on any atom is -0.313 e. The van der Waals surface area contributed by atoms with Crippen molar-refractivity contribution in [1.29, 1.82) is 0 Å². The molecule has 0 fully saturated rings. The average molecular weight is 227 g/mol. The molecular weight excluding hydrogens is 208 g/mol. The molecule has 0 radical (unpaired) electrons. The SMILES string of the molecule is CCNCc1cc(F)c(C(C)(C)C)c(F)c1. The number of hydrogen-bond donors (Lipinski definition) is 1. The molecule has 0 heterocycles. The molecule has 0 saturated heterocycles. The van der Waals surface area contributed by atoms with Gasteiger partial charge < -0.3 is 5.32 Å². The summed E-state index contributed by atoms with van der Waals surface area (Å²) in [5.41, 5.74) is 0.294. The summed E-state index contributed by atoms with van der Waals surface area (Å²) in [6, 6.07) is 2.82. The number of nitrogens with one attached hydrogen (secondary N) is 1. The summed E-state index contributed by atoms with van der Waals surface area (Å²) < 4.78 is 27.5. The minimum absolute atomic E-state index is 0.160. The number of rotatable bonds is 3. The molecule has 0 saturated carbocycles. The molecule has 0 spiro atoms. The molecule has 1 nitrogen and oxygen atoms in total. The smallest absolute Gasteiger partial charge is 0.130 e. The number of hydrogen-bond acceptors (Lipinski definition) is 1. The van der Waals surface area contributed by atoms with E-state index in [1.54, 1.807) is 20.8 Å². The Hall–Kier alpha value is -0.960. The molecule has 0 aliphatic heterocycles. The van der Waals surface area contributed by atoms with Crippen LogP contribution in [0.2, 0.25) is 0 Å². The van der Waals surface area contributed by atoms with Gasteiger partial charge in [-0.25, -0.2) is 8.78 Å². The third-order valence-electron chi connectivity index (χ3n) is 2.43. The largest absolute Gasteiger partial charge is 0.313 e. The van der Waals surface area contributed by atoms with Gasteiger partial charge in [-0.2, -0.15) is 0 Å². The maximum absolute atomic E-state index is 13.8. The van der Waals surface area contributed by atoms with E-state index in [0.29, 0.717) is 12.1 Å². The van der Waals surface area contributed by atoms with E-state index < -0.39 is 17.0 Å². The van der Waals surface area contributed by atoms with E-state index in [1.807, 2.05) is 6.92 Å². The highest BCUT2D eigenvalue weighted by atomic mass is 19.1. The topological polar surface area (TPSA) is 12.0 Å². The lowest BCUT2D eigenvalue weighted by molar-refractivity contribution is 0.473. The van der Waals surface area contributed by atoms with Gasteiger partial charge in [0.2, 0.25) is 0 Å². The predicted octanol–water partition coefficient (Wildman–Crippen LogP) is 3.37. The Morgan fingerprint density at radius 2 is 1.62 bits per heavy atom. The van der Waals surface area contributed by atoms with E-state index in [4.69, 9.17) is 0 Å². The van der Waals surface area contributed by atoms with Gasteiger partial charge in [0.15, 0.2) is 0 Å². The van der Waals surface area contributed by atoms with Crippen LogP contribution in [0.3, 0.4) is 0 Å². The van der Waals surface area contributed by atoms with Gasteiger partial charge in [0.1, 0.15) is 11.6 Å². The van der Waals surface area contributed by atoms with Crippen molar-refractivity contribution < 1.29 is 8.78 Å². The normalized spacial score (nSPS) is 11.9. The molecule has 1 N–H and O–H groups in total. The Kier molecular flexibility index (Phi) is 4.03. The minimum atomic E-state index is -0.509. The fourth-order valence-electron chi connectivity index (χ4n) is 1.71. The molecule has 1 rings (SSSR count). The van der Waals surface area contributed by atoms with E-state index in [2.05, 4.69) is 5.32 Å². The maximum Gasteiger partial charge on any atom is 0.130 e. The van der Waals surface area contributed by atoms with Crippen molar-refractivity contribution >= 4 is 0 Å². The van der Waals surface area contributed by atoms with Crippen LogP contribution in [0.4, 0.5) is 8.78 Å². The second-order valence-electron chi connectivity index (χ2n) is 4.96. The van der Waals surface area contributed by atoms with Crippen LogP contribution in [0, 0.1) is 11.6 Å². The second-order valence-corrected chi connectivity index (χ2v) is 4.96. The van der Waals surface area contributed by atoms with Crippen molar-refractivity contribution in [1.82, 2.24) is 5.32 Å². The van der Waals surface area contributed by atoms with Crippen molar-refractivity contribution in [2.24, 2.45) is 0 Å². The van der Waals surface area contributed by atoms with Crippen LogP contribution in [-0.2, 0) is 12.0 Å². The van der Waals surface area contributed by atoms with E-state index in [1.165, 1.54) is 12.1 Å².